The third-order valence-corrected chi connectivity index (χ3v) is 4.40. The van der Waals surface area contributed by atoms with Gasteiger partial charge in [-0.3, -0.25) is 4.79 Å². The van der Waals surface area contributed by atoms with Gasteiger partial charge in [0.05, 0.1) is 6.42 Å². The first kappa shape index (κ1) is 16.3. The number of amides is 1. The Morgan fingerprint density at radius 2 is 2.26 bits per heavy atom. The van der Waals surface area contributed by atoms with Crippen LogP contribution in [0, 0.1) is 16.8 Å². The van der Waals surface area contributed by atoms with E-state index in [0.717, 1.165) is 29.8 Å². The van der Waals surface area contributed by atoms with Gasteiger partial charge in [0.15, 0.2) is 3.95 Å². The number of nitrogens with one attached hydrogen (secondary N) is 2. The molecular formula is C13H22N2O2S2. The zero-order chi connectivity index (χ0) is 14.3. The lowest BCUT2D eigenvalue weighted by Gasteiger charge is -2.15. The summed E-state index contributed by atoms with van der Waals surface area (Å²) >= 11 is 6.51. The molecule has 1 aromatic rings. The van der Waals surface area contributed by atoms with Crippen molar-refractivity contribution in [3.8, 4) is 0 Å². The Morgan fingerprint density at radius 3 is 2.79 bits per heavy atom. The van der Waals surface area contributed by atoms with Gasteiger partial charge >= 0.3 is 0 Å². The zero-order valence-corrected chi connectivity index (χ0v) is 13.1. The van der Waals surface area contributed by atoms with Crippen LogP contribution in [0.1, 0.15) is 36.8 Å². The molecule has 1 unspecified atom stereocenters. The van der Waals surface area contributed by atoms with E-state index in [2.05, 4.69) is 17.2 Å². The molecule has 1 rings (SSSR count). The minimum absolute atomic E-state index is 0.0207. The van der Waals surface area contributed by atoms with Crippen molar-refractivity contribution >= 4 is 29.5 Å². The molecule has 108 valence electrons. The molecule has 0 fully saturated rings. The van der Waals surface area contributed by atoms with Crippen LogP contribution >= 0.6 is 23.6 Å². The maximum absolute atomic E-state index is 11.9. The number of hydrogen-bond acceptors (Lipinski definition) is 4. The predicted octanol–water partition coefficient (Wildman–Crippen LogP) is 2.57. The number of rotatable bonds is 8. The molecule has 1 atom stereocenters. The topological polar surface area (TPSA) is 65.1 Å². The maximum atomic E-state index is 11.9. The van der Waals surface area contributed by atoms with Crippen molar-refractivity contribution in [1.29, 1.82) is 0 Å². The molecule has 3 N–H and O–H groups in total. The van der Waals surface area contributed by atoms with Crippen LogP contribution in [-0.2, 0) is 11.2 Å². The molecule has 0 saturated heterocycles. The smallest absolute Gasteiger partial charge is 0.225 e. The molecule has 0 radical (unpaired) electrons. The fourth-order valence-corrected chi connectivity index (χ4v) is 3.30. The molecule has 0 aromatic carbocycles. The maximum Gasteiger partial charge on any atom is 0.225 e. The van der Waals surface area contributed by atoms with Crippen LogP contribution in [0.3, 0.4) is 0 Å². The normalized spacial score (nSPS) is 12.4. The molecule has 1 heterocycles. The van der Waals surface area contributed by atoms with Gasteiger partial charge in [-0.15, -0.1) is 11.3 Å². The quantitative estimate of drug-likeness (QED) is 0.647. The van der Waals surface area contributed by atoms with Crippen molar-refractivity contribution in [2.24, 2.45) is 5.92 Å². The van der Waals surface area contributed by atoms with E-state index in [9.17, 15) is 4.79 Å². The summed E-state index contributed by atoms with van der Waals surface area (Å²) in [5, 5.41) is 11.9. The van der Waals surface area contributed by atoms with E-state index in [4.69, 9.17) is 17.3 Å². The van der Waals surface area contributed by atoms with Crippen LogP contribution in [0.15, 0.2) is 0 Å². The van der Waals surface area contributed by atoms with E-state index in [1.165, 1.54) is 11.3 Å². The SMILES string of the molecule is CCCC(CCO)CNC(=O)Cc1sc(=S)[nH]c1C. The Morgan fingerprint density at radius 1 is 1.53 bits per heavy atom. The number of thiazole rings is 1. The van der Waals surface area contributed by atoms with Crippen molar-refractivity contribution in [3.63, 3.8) is 0 Å². The highest BCUT2D eigenvalue weighted by Crippen LogP contribution is 2.15. The second-order valence-electron chi connectivity index (χ2n) is 4.71. The second-order valence-corrected chi connectivity index (χ2v) is 6.48. The monoisotopic (exact) mass is 302 g/mol. The lowest BCUT2D eigenvalue weighted by molar-refractivity contribution is -0.120. The lowest BCUT2D eigenvalue weighted by atomic mass is 10.0. The predicted molar refractivity (Wildman–Crippen MR) is 81.1 cm³/mol. The van der Waals surface area contributed by atoms with Crippen molar-refractivity contribution in [3.05, 3.63) is 14.5 Å². The van der Waals surface area contributed by atoms with E-state index in [1.54, 1.807) is 0 Å². The lowest BCUT2D eigenvalue weighted by Crippen LogP contribution is -2.30. The zero-order valence-electron chi connectivity index (χ0n) is 11.5. The number of aromatic amines is 1. The summed E-state index contributed by atoms with van der Waals surface area (Å²) in [5.41, 5.74) is 0.977. The summed E-state index contributed by atoms with van der Waals surface area (Å²) in [7, 11) is 0. The third-order valence-electron chi connectivity index (χ3n) is 3.07. The minimum Gasteiger partial charge on any atom is -0.396 e. The Bertz CT molecular complexity index is 448. The van der Waals surface area contributed by atoms with Gasteiger partial charge in [0.2, 0.25) is 5.91 Å². The average molecular weight is 302 g/mol. The molecule has 0 spiro atoms. The van der Waals surface area contributed by atoms with Gasteiger partial charge in [0.1, 0.15) is 0 Å². The fourth-order valence-electron chi connectivity index (χ4n) is 2.01. The second kappa shape index (κ2) is 8.45. The van der Waals surface area contributed by atoms with Crippen molar-refractivity contribution in [2.75, 3.05) is 13.2 Å². The number of aliphatic hydroxyl groups excluding tert-OH is 1. The van der Waals surface area contributed by atoms with Crippen LogP contribution in [0.25, 0.3) is 0 Å². The molecule has 0 aliphatic carbocycles. The van der Waals surface area contributed by atoms with E-state index < -0.39 is 0 Å². The van der Waals surface area contributed by atoms with Gasteiger partial charge in [-0.2, -0.15) is 0 Å². The average Bonchev–Trinajstić information content (AvgIpc) is 2.65. The number of aryl methyl sites for hydroxylation is 1. The van der Waals surface area contributed by atoms with Crippen LogP contribution < -0.4 is 5.32 Å². The van der Waals surface area contributed by atoms with Crippen LogP contribution in [0.4, 0.5) is 0 Å². The van der Waals surface area contributed by atoms with Gasteiger partial charge < -0.3 is 15.4 Å². The number of H-pyrrole nitrogens is 1. The van der Waals surface area contributed by atoms with E-state index in [1.807, 2.05) is 6.92 Å². The van der Waals surface area contributed by atoms with E-state index >= 15 is 0 Å². The molecule has 4 nitrogen and oxygen atoms in total. The highest BCUT2D eigenvalue weighted by atomic mass is 32.1. The van der Waals surface area contributed by atoms with Gasteiger partial charge in [0.25, 0.3) is 0 Å². The van der Waals surface area contributed by atoms with E-state index in [-0.39, 0.29) is 12.5 Å². The highest BCUT2D eigenvalue weighted by Gasteiger charge is 2.11. The first-order chi connectivity index (χ1) is 9.06. The number of hydrogen-bond donors (Lipinski definition) is 3. The summed E-state index contributed by atoms with van der Waals surface area (Å²) < 4.78 is 0.712. The van der Waals surface area contributed by atoms with Gasteiger partial charge in [-0.1, -0.05) is 13.3 Å². The van der Waals surface area contributed by atoms with Crippen molar-refractivity contribution < 1.29 is 9.90 Å². The molecular weight excluding hydrogens is 280 g/mol. The third kappa shape index (κ3) is 5.84. The number of aliphatic hydroxyl groups is 1. The highest BCUT2D eigenvalue weighted by molar-refractivity contribution is 7.73. The first-order valence-electron chi connectivity index (χ1n) is 6.63. The molecule has 6 heteroatoms. The van der Waals surface area contributed by atoms with Gasteiger partial charge in [-0.05, 0) is 37.9 Å². The van der Waals surface area contributed by atoms with Crippen LogP contribution in [-0.4, -0.2) is 29.1 Å². The molecule has 0 aliphatic heterocycles. The summed E-state index contributed by atoms with van der Waals surface area (Å²) in [6.07, 6.45) is 3.22. The molecule has 0 bridgehead atoms. The summed E-state index contributed by atoms with van der Waals surface area (Å²) in [5.74, 6) is 0.386. The molecule has 0 saturated carbocycles. The van der Waals surface area contributed by atoms with Crippen molar-refractivity contribution in [1.82, 2.24) is 10.3 Å². The van der Waals surface area contributed by atoms with Crippen LogP contribution in [0.2, 0.25) is 0 Å². The molecule has 1 amide bonds. The Kier molecular flexibility index (Phi) is 7.27. The van der Waals surface area contributed by atoms with Crippen LogP contribution in [0.5, 0.6) is 0 Å². The van der Waals surface area contributed by atoms with E-state index in [0.29, 0.717) is 22.8 Å². The Balaban J connectivity index is 2.42. The molecule has 0 aliphatic rings. The standard InChI is InChI=1S/C13H22N2O2S2/c1-3-4-10(5-6-16)8-14-12(17)7-11-9(2)15-13(18)19-11/h10,16H,3-8H2,1-2H3,(H,14,17)(H,15,18). The Hall–Kier alpha value is -0.720. The summed E-state index contributed by atoms with van der Waals surface area (Å²) in [6.45, 7) is 4.86. The Labute approximate surface area is 123 Å². The molecule has 1 aromatic heterocycles. The fraction of sp³-hybridized carbons (Fsp3) is 0.692. The molecule has 19 heavy (non-hydrogen) atoms. The van der Waals surface area contributed by atoms with Crippen molar-refractivity contribution in [2.45, 2.75) is 39.5 Å². The number of carbonyl (C=O) groups excluding carboxylic acids is 1. The van der Waals surface area contributed by atoms with Gasteiger partial charge in [0, 0.05) is 23.7 Å². The number of carbonyl (C=O) groups is 1. The summed E-state index contributed by atoms with van der Waals surface area (Å²) in [6, 6.07) is 0. The minimum atomic E-state index is 0.0207. The first-order valence-corrected chi connectivity index (χ1v) is 7.85. The van der Waals surface area contributed by atoms with Gasteiger partial charge in [-0.25, -0.2) is 0 Å². The largest absolute Gasteiger partial charge is 0.396 e. The summed E-state index contributed by atoms with van der Waals surface area (Å²) in [4.78, 5) is 15.9. The number of aromatic nitrogens is 1.